The summed E-state index contributed by atoms with van der Waals surface area (Å²) in [7, 11) is 2.25. The maximum absolute atomic E-state index is 4.83. The Morgan fingerprint density at radius 2 is 1.95 bits per heavy atom. The van der Waals surface area contributed by atoms with Crippen LogP contribution in [0.2, 0.25) is 0 Å². The van der Waals surface area contributed by atoms with E-state index in [1.54, 1.807) is 5.56 Å². The molecule has 0 radical (unpaired) electrons. The number of piperidine rings is 1. The van der Waals surface area contributed by atoms with Gasteiger partial charge in [0.1, 0.15) is 0 Å². The summed E-state index contributed by atoms with van der Waals surface area (Å²) < 4.78 is 7.30. The molecule has 22 heavy (non-hydrogen) atoms. The SMILES string of the molecule is CCOCC.CN1CC[C@H]2Cn3ccc4cccc(c43)[C@H]2C1. The summed E-state index contributed by atoms with van der Waals surface area (Å²) in [6, 6.07) is 9.07. The second-order valence-corrected chi connectivity index (χ2v) is 6.45. The fourth-order valence-corrected chi connectivity index (χ4v) is 3.93. The number of para-hydroxylation sites is 1. The van der Waals surface area contributed by atoms with Gasteiger partial charge in [-0.25, -0.2) is 0 Å². The molecule has 0 N–H and O–H groups in total. The van der Waals surface area contributed by atoms with E-state index >= 15 is 0 Å². The number of ether oxygens (including phenoxy) is 1. The van der Waals surface area contributed by atoms with Gasteiger partial charge in [0.25, 0.3) is 0 Å². The Balaban J connectivity index is 0.000000254. The normalized spacial score (nSPS) is 23.8. The van der Waals surface area contributed by atoms with E-state index < -0.39 is 0 Å². The van der Waals surface area contributed by atoms with Crippen LogP contribution >= 0.6 is 0 Å². The third kappa shape index (κ3) is 2.92. The summed E-state index contributed by atoms with van der Waals surface area (Å²) in [5, 5.41) is 1.41. The molecule has 0 aliphatic carbocycles. The van der Waals surface area contributed by atoms with Crippen LogP contribution < -0.4 is 0 Å². The second-order valence-electron chi connectivity index (χ2n) is 6.45. The van der Waals surface area contributed by atoms with Crippen LogP contribution in [0.1, 0.15) is 31.7 Å². The topological polar surface area (TPSA) is 17.4 Å². The van der Waals surface area contributed by atoms with Crippen LogP contribution in [0.25, 0.3) is 10.9 Å². The number of rotatable bonds is 2. The van der Waals surface area contributed by atoms with E-state index in [0.29, 0.717) is 0 Å². The van der Waals surface area contributed by atoms with Crippen LogP contribution in [0.15, 0.2) is 30.5 Å². The fourth-order valence-electron chi connectivity index (χ4n) is 3.93. The predicted octanol–water partition coefficient (Wildman–Crippen LogP) is 3.73. The van der Waals surface area contributed by atoms with Crippen molar-refractivity contribution in [3.05, 3.63) is 36.0 Å². The van der Waals surface area contributed by atoms with Gasteiger partial charge >= 0.3 is 0 Å². The van der Waals surface area contributed by atoms with Crippen LogP contribution in [0.3, 0.4) is 0 Å². The lowest BCUT2D eigenvalue weighted by Gasteiger charge is -2.40. The van der Waals surface area contributed by atoms with E-state index in [-0.39, 0.29) is 0 Å². The number of likely N-dealkylation sites (N-methyl/N-ethyl adjacent to an activating group) is 1. The van der Waals surface area contributed by atoms with E-state index in [1.165, 1.54) is 37.0 Å². The summed E-state index contributed by atoms with van der Waals surface area (Å²) in [5.74, 6) is 1.59. The van der Waals surface area contributed by atoms with Crippen LogP contribution in [0, 0.1) is 5.92 Å². The number of nitrogens with zero attached hydrogens (tertiary/aromatic N) is 2. The highest BCUT2D eigenvalue weighted by molar-refractivity contribution is 5.84. The fraction of sp³-hybridized carbons (Fsp3) is 0.579. The molecule has 0 unspecified atom stereocenters. The largest absolute Gasteiger partial charge is 0.382 e. The molecule has 3 nitrogen and oxygen atoms in total. The molecule has 4 rings (SSSR count). The molecular weight excluding hydrogens is 272 g/mol. The number of hydrogen-bond acceptors (Lipinski definition) is 2. The molecule has 1 aromatic carbocycles. The third-order valence-electron chi connectivity index (χ3n) is 5.02. The van der Waals surface area contributed by atoms with Crippen molar-refractivity contribution in [2.75, 3.05) is 33.4 Å². The molecule has 2 aliphatic rings. The Bertz CT molecular complexity index is 617. The Hall–Kier alpha value is -1.32. The third-order valence-corrected chi connectivity index (χ3v) is 5.02. The molecule has 3 heterocycles. The van der Waals surface area contributed by atoms with Gasteiger partial charge in [0.05, 0.1) is 5.52 Å². The maximum atomic E-state index is 4.83. The second kappa shape index (κ2) is 6.84. The van der Waals surface area contributed by atoms with Gasteiger partial charge in [-0.3, -0.25) is 0 Å². The van der Waals surface area contributed by atoms with Crippen LogP contribution in [0.4, 0.5) is 0 Å². The predicted molar refractivity (Wildman–Crippen MR) is 92.5 cm³/mol. The Morgan fingerprint density at radius 1 is 1.14 bits per heavy atom. The van der Waals surface area contributed by atoms with E-state index in [2.05, 4.69) is 47.0 Å². The van der Waals surface area contributed by atoms with Crippen molar-refractivity contribution in [3.63, 3.8) is 0 Å². The van der Waals surface area contributed by atoms with Gasteiger partial charge in [0.2, 0.25) is 0 Å². The lowest BCUT2D eigenvalue weighted by molar-refractivity contribution is 0.162. The lowest BCUT2D eigenvalue weighted by Crippen LogP contribution is -2.40. The zero-order valence-corrected chi connectivity index (χ0v) is 14.1. The maximum Gasteiger partial charge on any atom is 0.0516 e. The zero-order valence-electron chi connectivity index (χ0n) is 14.1. The van der Waals surface area contributed by atoms with Crippen molar-refractivity contribution in [1.82, 2.24) is 9.47 Å². The molecule has 0 amide bonds. The van der Waals surface area contributed by atoms with Gasteiger partial charge in [-0.2, -0.15) is 0 Å². The standard InChI is InChI=1S/C15H18N2.C4H10O/c1-16-7-5-12-9-17-8-6-11-3-2-4-13(15(11)17)14(12)10-16;1-3-5-4-2/h2-4,6,8,12,14H,5,7,9-10H2,1H3;3-4H2,1-2H3/t12-,14-;/m0./s1. The summed E-state index contributed by atoms with van der Waals surface area (Å²) in [4.78, 5) is 2.48. The van der Waals surface area contributed by atoms with Gasteiger partial charge in [-0.05, 0) is 56.8 Å². The highest BCUT2D eigenvalue weighted by Gasteiger charge is 2.33. The van der Waals surface area contributed by atoms with Crippen LogP contribution in [-0.2, 0) is 11.3 Å². The molecular formula is C19H28N2O. The zero-order chi connectivity index (χ0) is 15.5. The van der Waals surface area contributed by atoms with Crippen molar-refractivity contribution in [1.29, 1.82) is 0 Å². The minimum atomic E-state index is 0.750. The summed E-state index contributed by atoms with van der Waals surface area (Å²) in [6.45, 7) is 9.38. The van der Waals surface area contributed by atoms with E-state index in [1.807, 2.05) is 13.8 Å². The van der Waals surface area contributed by atoms with Gasteiger partial charge in [0.15, 0.2) is 0 Å². The molecule has 2 atom stereocenters. The highest BCUT2D eigenvalue weighted by atomic mass is 16.5. The van der Waals surface area contributed by atoms with Gasteiger partial charge in [-0.1, -0.05) is 18.2 Å². The van der Waals surface area contributed by atoms with Gasteiger partial charge in [0, 0.05) is 38.4 Å². The van der Waals surface area contributed by atoms with E-state index in [0.717, 1.165) is 25.0 Å². The Morgan fingerprint density at radius 3 is 2.68 bits per heavy atom. The van der Waals surface area contributed by atoms with Gasteiger partial charge in [-0.15, -0.1) is 0 Å². The molecule has 0 bridgehead atoms. The average Bonchev–Trinajstić information content (AvgIpc) is 2.94. The summed E-state index contributed by atoms with van der Waals surface area (Å²) in [6.07, 6.45) is 3.61. The number of aromatic nitrogens is 1. The molecule has 0 saturated carbocycles. The molecule has 0 spiro atoms. The molecule has 2 aromatic rings. The van der Waals surface area contributed by atoms with Gasteiger partial charge < -0.3 is 14.2 Å². The number of hydrogen-bond donors (Lipinski definition) is 0. The first kappa shape index (κ1) is 15.6. The Kier molecular flexibility index (Phi) is 4.84. The first-order valence-corrected chi connectivity index (χ1v) is 8.58. The monoisotopic (exact) mass is 300 g/mol. The molecule has 1 saturated heterocycles. The number of fused-ring (bicyclic) bond motifs is 2. The number of likely N-dealkylation sites (tertiary alicyclic amines) is 1. The van der Waals surface area contributed by atoms with Crippen molar-refractivity contribution in [3.8, 4) is 0 Å². The smallest absolute Gasteiger partial charge is 0.0516 e. The van der Waals surface area contributed by atoms with Crippen molar-refractivity contribution in [2.24, 2.45) is 5.92 Å². The summed E-state index contributed by atoms with van der Waals surface area (Å²) >= 11 is 0. The lowest BCUT2D eigenvalue weighted by atomic mass is 9.78. The van der Waals surface area contributed by atoms with E-state index in [9.17, 15) is 0 Å². The molecule has 1 fully saturated rings. The quantitative estimate of drug-likeness (QED) is 0.841. The summed E-state index contributed by atoms with van der Waals surface area (Å²) in [5.41, 5.74) is 3.07. The number of benzene rings is 1. The van der Waals surface area contributed by atoms with Crippen LogP contribution in [0.5, 0.6) is 0 Å². The molecule has 3 heteroatoms. The Labute approximate surface area is 133 Å². The minimum Gasteiger partial charge on any atom is -0.382 e. The first-order chi connectivity index (χ1) is 10.7. The molecule has 1 aromatic heterocycles. The first-order valence-electron chi connectivity index (χ1n) is 8.58. The van der Waals surface area contributed by atoms with Crippen molar-refractivity contribution < 1.29 is 4.74 Å². The van der Waals surface area contributed by atoms with Crippen molar-refractivity contribution in [2.45, 2.75) is 32.7 Å². The van der Waals surface area contributed by atoms with Crippen molar-refractivity contribution >= 4 is 10.9 Å². The van der Waals surface area contributed by atoms with E-state index in [4.69, 9.17) is 4.74 Å². The highest BCUT2D eigenvalue weighted by Crippen LogP contribution is 2.41. The molecule has 2 aliphatic heterocycles. The van der Waals surface area contributed by atoms with Crippen LogP contribution in [-0.4, -0.2) is 42.8 Å². The minimum absolute atomic E-state index is 0.750. The average molecular weight is 300 g/mol. The molecule has 120 valence electrons.